The van der Waals surface area contributed by atoms with Crippen molar-refractivity contribution < 1.29 is 38.1 Å². The van der Waals surface area contributed by atoms with E-state index in [0.29, 0.717) is 0 Å². The van der Waals surface area contributed by atoms with Crippen molar-refractivity contribution in [3.63, 3.8) is 0 Å². The second-order valence-electron chi connectivity index (χ2n) is 4.85. The van der Waals surface area contributed by atoms with E-state index in [9.17, 15) is 23.7 Å². The summed E-state index contributed by atoms with van der Waals surface area (Å²) < 4.78 is 28.3. The minimum absolute atomic E-state index is 0.115. The summed E-state index contributed by atoms with van der Waals surface area (Å²) in [7, 11) is -4.12. The molecule has 9 heteroatoms. The molecule has 0 aliphatic carbocycles. The standard InChI is InChI=1S/C13H20O8S/c1-8-2-4-9(5-3-8)22(19,20)21-7-11(16)13(18)12(17)10(15)6-14/h2-5,10-18H,6-7H2,1H3. The van der Waals surface area contributed by atoms with Crippen LogP contribution in [0.25, 0.3) is 0 Å². The number of rotatable bonds is 8. The number of aliphatic hydroxyl groups excluding tert-OH is 5. The van der Waals surface area contributed by atoms with Crippen molar-refractivity contribution in [2.45, 2.75) is 36.2 Å². The van der Waals surface area contributed by atoms with Crippen LogP contribution in [0, 0.1) is 6.92 Å². The quantitative estimate of drug-likeness (QED) is 0.347. The van der Waals surface area contributed by atoms with Crippen LogP contribution >= 0.6 is 0 Å². The highest BCUT2D eigenvalue weighted by Gasteiger charge is 2.31. The van der Waals surface area contributed by atoms with Crippen LogP contribution in [0.2, 0.25) is 0 Å². The first kappa shape index (κ1) is 19.0. The van der Waals surface area contributed by atoms with Crippen molar-refractivity contribution in [3.8, 4) is 0 Å². The molecule has 4 atom stereocenters. The van der Waals surface area contributed by atoms with Gasteiger partial charge in [0, 0.05) is 0 Å². The molecule has 0 saturated carbocycles. The second-order valence-corrected chi connectivity index (χ2v) is 6.47. The van der Waals surface area contributed by atoms with Gasteiger partial charge in [0.1, 0.15) is 24.4 Å². The Labute approximate surface area is 128 Å². The van der Waals surface area contributed by atoms with Gasteiger partial charge in [-0.25, -0.2) is 0 Å². The Bertz CT molecular complexity index is 556. The van der Waals surface area contributed by atoms with E-state index in [1.807, 2.05) is 0 Å². The molecular weight excluding hydrogens is 316 g/mol. The van der Waals surface area contributed by atoms with Crippen LogP contribution in [-0.2, 0) is 14.3 Å². The lowest BCUT2D eigenvalue weighted by Crippen LogP contribution is -2.47. The van der Waals surface area contributed by atoms with E-state index in [-0.39, 0.29) is 4.90 Å². The molecule has 0 aliphatic rings. The maximum Gasteiger partial charge on any atom is 0.297 e. The molecule has 0 amide bonds. The van der Waals surface area contributed by atoms with Gasteiger partial charge in [0.05, 0.1) is 18.1 Å². The van der Waals surface area contributed by atoms with Gasteiger partial charge in [-0.1, -0.05) is 17.7 Å². The first-order valence-corrected chi connectivity index (χ1v) is 7.89. The van der Waals surface area contributed by atoms with Crippen molar-refractivity contribution in [3.05, 3.63) is 29.8 Å². The Balaban J connectivity index is 2.66. The van der Waals surface area contributed by atoms with Gasteiger partial charge in [0.25, 0.3) is 10.1 Å². The lowest BCUT2D eigenvalue weighted by atomic mass is 10.0. The normalized spacial score (nSPS) is 17.7. The zero-order chi connectivity index (χ0) is 16.9. The molecule has 0 aromatic heterocycles. The van der Waals surface area contributed by atoms with E-state index < -0.39 is 47.7 Å². The van der Waals surface area contributed by atoms with Crippen LogP contribution in [0.5, 0.6) is 0 Å². The van der Waals surface area contributed by atoms with Crippen molar-refractivity contribution in [2.75, 3.05) is 13.2 Å². The van der Waals surface area contributed by atoms with Gasteiger partial charge in [-0.05, 0) is 19.1 Å². The minimum Gasteiger partial charge on any atom is -0.394 e. The van der Waals surface area contributed by atoms with Gasteiger partial charge in [0.2, 0.25) is 0 Å². The Hall–Kier alpha value is -1.07. The maximum absolute atomic E-state index is 11.9. The molecule has 0 bridgehead atoms. The third-order valence-electron chi connectivity index (χ3n) is 3.03. The molecule has 5 N–H and O–H groups in total. The fraction of sp³-hybridized carbons (Fsp3) is 0.538. The summed E-state index contributed by atoms with van der Waals surface area (Å²) in [5, 5.41) is 46.3. The third kappa shape index (κ3) is 4.99. The van der Waals surface area contributed by atoms with E-state index in [1.165, 1.54) is 12.1 Å². The molecule has 4 unspecified atom stereocenters. The van der Waals surface area contributed by atoms with E-state index >= 15 is 0 Å². The smallest absolute Gasteiger partial charge is 0.297 e. The van der Waals surface area contributed by atoms with Gasteiger partial charge in [-0.2, -0.15) is 8.42 Å². The van der Waals surface area contributed by atoms with Gasteiger partial charge in [-0.15, -0.1) is 0 Å². The van der Waals surface area contributed by atoms with Gasteiger partial charge >= 0.3 is 0 Å². The molecular formula is C13H20O8S. The molecule has 0 saturated heterocycles. The molecule has 8 nitrogen and oxygen atoms in total. The lowest BCUT2D eigenvalue weighted by Gasteiger charge is -2.25. The summed E-state index contributed by atoms with van der Waals surface area (Å²) in [5.41, 5.74) is 0.857. The minimum atomic E-state index is -4.12. The van der Waals surface area contributed by atoms with Crippen molar-refractivity contribution in [1.29, 1.82) is 0 Å². The zero-order valence-corrected chi connectivity index (χ0v) is 12.7. The molecule has 22 heavy (non-hydrogen) atoms. The Morgan fingerprint density at radius 3 is 2.00 bits per heavy atom. The average Bonchev–Trinajstić information content (AvgIpc) is 2.50. The fourth-order valence-electron chi connectivity index (χ4n) is 1.59. The van der Waals surface area contributed by atoms with Crippen molar-refractivity contribution in [2.24, 2.45) is 0 Å². The summed E-state index contributed by atoms with van der Waals surface area (Å²) in [5.74, 6) is 0. The zero-order valence-electron chi connectivity index (χ0n) is 11.9. The number of hydrogen-bond donors (Lipinski definition) is 5. The van der Waals surface area contributed by atoms with E-state index in [0.717, 1.165) is 5.56 Å². The predicted molar refractivity (Wildman–Crippen MR) is 75.4 cm³/mol. The number of hydrogen-bond acceptors (Lipinski definition) is 8. The maximum atomic E-state index is 11.9. The molecule has 126 valence electrons. The molecule has 0 aliphatic heterocycles. The molecule has 0 fully saturated rings. The number of aryl methyl sites for hydroxylation is 1. The van der Waals surface area contributed by atoms with Crippen molar-refractivity contribution >= 4 is 10.1 Å². The Kier molecular flexibility index (Phi) is 6.88. The highest BCUT2D eigenvalue weighted by Crippen LogP contribution is 2.14. The average molecular weight is 336 g/mol. The Morgan fingerprint density at radius 1 is 1.00 bits per heavy atom. The topological polar surface area (TPSA) is 145 Å². The fourth-order valence-corrected chi connectivity index (χ4v) is 2.52. The van der Waals surface area contributed by atoms with E-state index in [2.05, 4.69) is 4.18 Å². The number of aliphatic hydroxyl groups is 5. The van der Waals surface area contributed by atoms with Crippen LogP contribution in [0.15, 0.2) is 29.2 Å². The van der Waals surface area contributed by atoms with Crippen LogP contribution in [0.3, 0.4) is 0 Å². The van der Waals surface area contributed by atoms with E-state index in [4.69, 9.17) is 10.2 Å². The molecule has 1 aromatic rings. The molecule has 1 aromatic carbocycles. The summed E-state index contributed by atoms with van der Waals surface area (Å²) >= 11 is 0. The van der Waals surface area contributed by atoms with Crippen LogP contribution < -0.4 is 0 Å². The molecule has 1 rings (SSSR count). The van der Waals surface area contributed by atoms with Gasteiger partial charge < -0.3 is 25.5 Å². The predicted octanol–water partition coefficient (Wildman–Crippen LogP) is -1.86. The monoisotopic (exact) mass is 336 g/mol. The number of benzene rings is 1. The van der Waals surface area contributed by atoms with Crippen molar-refractivity contribution in [1.82, 2.24) is 0 Å². The molecule has 0 radical (unpaired) electrons. The largest absolute Gasteiger partial charge is 0.394 e. The summed E-state index contributed by atoms with van der Waals surface area (Å²) in [6.45, 7) is 0.144. The lowest BCUT2D eigenvalue weighted by molar-refractivity contribution is -0.121. The Morgan fingerprint density at radius 2 is 1.50 bits per heavy atom. The third-order valence-corrected chi connectivity index (χ3v) is 4.32. The summed E-state index contributed by atoms with van der Waals surface area (Å²) in [4.78, 5) is -0.115. The van der Waals surface area contributed by atoms with Crippen LogP contribution in [0.4, 0.5) is 0 Å². The first-order chi connectivity index (χ1) is 10.2. The highest BCUT2D eigenvalue weighted by atomic mass is 32.2. The SMILES string of the molecule is Cc1ccc(S(=O)(=O)OCC(O)C(O)C(O)C(O)CO)cc1. The molecule has 0 heterocycles. The summed E-state index contributed by atoms with van der Waals surface area (Å²) in [6, 6.07) is 5.81. The second kappa shape index (κ2) is 7.97. The van der Waals surface area contributed by atoms with Gasteiger partial charge in [-0.3, -0.25) is 4.18 Å². The molecule has 0 spiro atoms. The summed E-state index contributed by atoms with van der Waals surface area (Å²) in [6.07, 6.45) is -7.16. The van der Waals surface area contributed by atoms with Gasteiger partial charge in [0.15, 0.2) is 0 Å². The highest BCUT2D eigenvalue weighted by molar-refractivity contribution is 7.86. The van der Waals surface area contributed by atoms with Crippen LogP contribution in [0.1, 0.15) is 5.56 Å². The van der Waals surface area contributed by atoms with Crippen LogP contribution in [-0.4, -0.2) is 71.6 Å². The van der Waals surface area contributed by atoms with E-state index in [1.54, 1.807) is 19.1 Å². The first-order valence-electron chi connectivity index (χ1n) is 6.48.